The summed E-state index contributed by atoms with van der Waals surface area (Å²) in [5.41, 5.74) is 3.56. The molecule has 0 aliphatic rings. The molecule has 0 aliphatic carbocycles. The van der Waals surface area contributed by atoms with Crippen LogP contribution in [-0.4, -0.2) is 34.8 Å². The summed E-state index contributed by atoms with van der Waals surface area (Å²) in [6.07, 6.45) is 2.65. The monoisotopic (exact) mass is 370 g/mol. The van der Waals surface area contributed by atoms with E-state index >= 15 is 0 Å². The van der Waals surface area contributed by atoms with Crippen LogP contribution in [0.3, 0.4) is 0 Å². The van der Waals surface area contributed by atoms with Crippen LogP contribution in [-0.2, 0) is 9.53 Å². The summed E-state index contributed by atoms with van der Waals surface area (Å²) in [6, 6.07) is 8.75. The number of fused-ring (bicyclic) bond motifs is 1. The molecule has 0 saturated carbocycles. The molecule has 2 N–H and O–H groups in total. The number of hydrogen-bond donors (Lipinski definition) is 2. The predicted molar refractivity (Wildman–Crippen MR) is 105 cm³/mol. The highest BCUT2D eigenvalue weighted by Crippen LogP contribution is 2.12. The van der Waals surface area contributed by atoms with Crippen molar-refractivity contribution in [2.75, 3.05) is 0 Å². The number of amides is 2. The molecule has 2 amide bonds. The van der Waals surface area contributed by atoms with Crippen LogP contribution in [0.25, 0.3) is 10.9 Å². The number of alkyl carbamates (subject to hydrolysis) is 1. The molecule has 2 rings (SSSR count). The molecule has 7 heteroatoms. The number of benzene rings is 1. The van der Waals surface area contributed by atoms with Crippen LogP contribution in [0.15, 0.2) is 41.6 Å². The van der Waals surface area contributed by atoms with Gasteiger partial charge in [-0.1, -0.05) is 26.0 Å². The van der Waals surface area contributed by atoms with Crippen molar-refractivity contribution in [1.82, 2.24) is 15.7 Å². The van der Waals surface area contributed by atoms with E-state index in [1.54, 1.807) is 33.2 Å². The van der Waals surface area contributed by atoms with Gasteiger partial charge in [-0.2, -0.15) is 5.10 Å². The van der Waals surface area contributed by atoms with Crippen molar-refractivity contribution in [3.05, 3.63) is 42.1 Å². The zero-order valence-electron chi connectivity index (χ0n) is 16.3. The van der Waals surface area contributed by atoms with Gasteiger partial charge in [0.1, 0.15) is 11.6 Å². The lowest BCUT2D eigenvalue weighted by atomic mass is 10.0. The Labute approximate surface area is 159 Å². The second kappa shape index (κ2) is 8.62. The molecular weight excluding hydrogens is 344 g/mol. The molecule has 0 radical (unpaired) electrons. The summed E-state index contributed by atoms with van der Waals surface area (Å²) in [6.45, 7) is 8.96. The third-order valence-corrected chi connectivity index (χ3v) is 3.64. The van der Waals surface area contributed by atoms with Gasteiger partial charge in [-0.15, -0.1) is 0 Å². The van der Waals surface area contributed by atoms with E-state index in [0.29, 0.717) is 0 Å². The van der Waals surface area contributed by atoms with E-state index in [4.69, 9.17) is 4.74 Å². The van der Waals surface area contributed by atoms with Gasteiger partial charge in [0.2, 0.25) is 0 Å². The van der Waals surface area contributed by atoms with Gasteiger partial charge in [0.05, 0.1) is 11.7 Å². The number of pyridine rings is 1. The highest BCUT2D eigenvalue weighted by Gasteiger charge is 2.26. The van der Waals surface area contributed by atoms with E-state index in [2.05, 4.69) is 20.8 Å². The van der Waals surface area contributed by atoms with Crippen LogP contribution in [0.5, 0.6) is 0 Å². The van der Waals surface area contributed by atoms with Crippen molar-refractivity contribution >= 4 is 29.1 Å². The third kappa shape index (κ3) is 6.36. The molecule has 27 heavy (non-hydrogen) atoms. The largest absolute Gasteiger partial charge is 0.444 e. The zero-order valence-corrected chi connectivity index (χ0v) is 16.3. The summed E-state index contributed by atoms with van der Waals surface area (Å²) in [7, 11) is 0. The number of hydrogen-bond acceptors (Lipinski definition) is 5. The Bertz CT molecular complexity index is 840. The van der Waals surface area contributed by atoms with Gasteiger partial charge < -0.3 is 10.1 Å². The number of carbonyl (C=O) groups excluding carboxylic acids is 2. The molecule has 1 heterocycles. The van der Waals surface area contributed by atoms with Gasteiger partial charge in [-0.25, -0.2) is 10.2 Å². The minimum atomic E-state index is -0.752. The molecule has 1 aromatic carbocycles. The highest BCUT2D eigenvalue weighted by atomic mass is 16.6. The Morgan fingerprint density at radius 3 is 2.63 bits per heavy atom. The van der Waals surface area contributed by atoms with E-state index in [9.17, 15) is 9.59 Å². The number of nitrogens with zero attached hydrogens (tertiary/aromatic N) is 2. The molecule has 0 bridgehead atoms. The Morgan fingerprint density at radius 1 is 1.22 bits per heavy atom. The van der Waals surface area contributed by atoms with Crippen molar-refractivity contribution in [2.45, 2.75) is 46.3 Å². The lowest BCUT2D eigenvalue weighted by Crippen LogP contribution is -2.49. The van der Waals surface area contributed by atoms with Crippen molar-refractivity contribution in [2.24, 2.45) is 11.0 Å². The number of ether oxygens (including phenoxy) is 1. The average molecular weight is 370 g/mol. The fourth-order valence-corrected chi connectivity index (χ4v) is 2.38. The number of carbonyl (C=O) groups is 2. The fraction of sp³-hybridized carbons (Fsp3) is 0.400. The van der Waals surface area contributed by atoms with E-state index in [1.165, 1.54) is 0 Å². The predicted octanol–water partition coefficient (Wildman–Crippen LogP) is 3.23. The molecule has 0 unspecified atom stereocenters. The zero-order chi connectivity index (χ0) is 20.0. The standard InChI is InChI=1S/C20H26N4O3/c1-13(2)17(23-19(26)27-20(3,4)5)18(25)24-22-12-14-8-9-16-15(11-14)7-6-10-21-16/h6-13,17H,1-5H3,(H,23,26)(H,24,25)/t17-/m0/s1. The van der Waals surface area contributed by atoms with E-state index in [0.717, 1.165) is 16.5 Å². The second-order valence-corrected chi connectivity index (χ2v) is 7.56. The lowest BCUT2D eigenvalue weighted by molar-refractivity contribution is -0.124. The van der Waals surface area contributed by atoms with E-state index < -0.39 is 23.6 Å². The highest BCUT2D eigenvalue weighted by molar-refractivity contribution is 5.90. The van der Waals surface area contributed by atoms with Crippen LogP contribution in [0.2, 0.25) is 0 Å². The minimum Gasteiger partial charge on any atom is -0.444 e. The molecule has 0 fully saturated rings. The third-order valence-electron chi connectivity index (χ3n) is 3.64. The van der Waals surface area contributed by atoms with Gasteiger partial charge in [-0.3, -0.25) is 9.78 Å². The maximum Gasteiger partial charge on any atom is 0.408 e. The first-order chi connectivity index (χ1) is 12.7. The molecule has 0 aliphatic heterocycles. The van der Waals surface area contributed by atoms with Crippen LogP contribution >= 0.6 is 0 Å². The topological polar surface area (TPSA) is 92.7 Å². The number of hydrazone groups is 1. The van der Waals surface area contributed by atoms with Crippen LogP contribution in [0.4, 0.5) is 4.79 Å². The van der Waals surface area contributed by atoms with Crippen LogP contribution in [0.1, 0.15) is 40.2 Å². The molecule has 0 spiro atoms. The summed E-state index contributed by atoms with van der Waals surface area (Å²) in [5.74, 6) is -0.533. The summed E-state index contributed by atoms with van der Waals surface area (Å²) in [5, 5.41) is 7.57. The van der Waals surface area contributed by atoms with Crippen molar-refractivity contribution in [1.29, 1.82) is 0 Å². The molecule has 1 atom stereocenters. The summed E-state index contributed by atoms with van der Waals surface area (Å²) in [4.78, 5) is 28.6. The smallest absolute Gasteiger partial charge is 0.408 e. The number of aromatic nitrogens is 1. The van der Waals surface area contributed by atoms with Crippen LogP contribution in [0, 0.1) is 5.92 Å². The maximum atomic E-state index is 12.4. The van der Waals surface area contributed by atoms with Gasteiger partial charge in [0.25, 0.3) is 5.91 Å². The first-order valence-corrected chi connectivity index (χ1v) is 8.83. The SMILES string of the molecule is CC(C)[C@H](NC(=O)OC(C)(C)C)C(=O)NN=Cc1ccc2ncccc2c1. The van der Waals surface area contributed by atoms with Crippen LogP contribution < -0.4 is 10.7 Å². The van der Waals surface area contributed by atoms with Gasteiger partial charge in [0, 0.05) is 11.6 Å². The summed E-state index contributed by atoms with van der Waals surface area (Å²) < 4.78 is 5.21. The van der Waals surface area contributed by atoms with Gasteiger partial charge in [0.15, 0.2) is 0 Å². The Kier molecular flexibility index (Phi) is 6.50. The average Bonchev–Trinajstić information content (AvgIpc) is 2.57. The molecule has 2 aromatic rings. The molecule has 144 valence electrons. The van der Waals surface area contributed by atoms with Crippen molar-refractivity contribution in [3.63, 3.8) is 0 Å². The first kappa shape index (κ1) is 20.4. The number of nitrogens with one attached hydrogen (secondary N) is 2. The number of rotatable bonds is 5. The fourth-order valence-electron chi connectivity index (χ4n) is 2.38. The lowest BCUT2D eigenvalue weighted by Gasteiger charge is -2.24. The van der Waals surface area contributed by atoms with E-state index in [1.807, 2.05) is 44.2 Å². The maximum absolute atomic E-state index is 12.4. The van der Waals surface area contributed by atoms with Crippen molar-refractivity contribution in [3.8, 4) is 0 Å². The minimum absolute atomic E-state index is 0.125. The van der Waals surface area contributed by atoms with E-state index in [-0.39, 0.29) is 5.92 Å². The normalized spacial score (nSPS) is 13.0. The Hall–Kier alpha value is -2.96. The quantitative estimate of drug-likeness (QED) is 0.624. The second-order valence-electron chi connectivity index (χ2n) is 7.56. The molecule has 7 nitrogen and oxygen atoms in total. The Morgan fingerprint density at radius 2 is 1.96 bits per heavy atom. The van der Waals surface area contributed by atoms with Gasteiger partial charge >= 0.3 is 6.09 Å². The van der Waals surface area contributed by atoms with Gasteiger partial charge in [-0.05, 0) is 50.5 Å². The molecule has 1 aromatic heterocycles. The summed E-state index contributed by atoms with van der Waals surface area (Å²) >= 11 is 0. The Balaban J connectivity index is 1.99. The van der Waals surface area contributed by atoms with Crippen molar-refractivity contribution < 1.29 is 14.3 Å². The molecular formula is C20H26N4O3. The molecule has 0 saturated heterocycles. The first-order valence-electron chi connectivity index (χ1n) is 8.83.